The van der Waals surface area contributed by atoms with Crippen molar-refractivity contribution in [3.05, 3.63) is 0 Å². The molecule has 2 aliphatic rings. The van der Waals surface area contributed by atoms with E-state index < -0.39 is 18.8 Å². The first-order chi connectivity index (χ1) is 10.8. The van der Waals surface area contributed by atoms with Crippen molar-refractivity contribution in [2.24, 2.45) is 5.92 Å². The summed E-state index contributed by atoms with van der Waals surface area (Å²) in [6.07, 6.45) is -0.399. The van der Waals surface area contributed by atoms with Gasteiger partial charge in [0, 0.05) is 32.1 Å². The molecule has 1 aliphatic heterocycles. The van der Waals surface area contributed by atoms with E-state index in [1.807, 2.05) is 0 Å². The van der Waals surface area contributed by atoms with Gasteiger partial charge in [0.05, 0.1) is 6.54 Å². The first-order valence-corrected chi connectivity index (χ1v) is 8.14. The van der Waals surface area contributed by atoms with E-state index in [9.17, 15) is 22.8 Å². The van der Waals surface area contributed by atoms with Gasteiger partial charge < -0.3 is 10.2 Å². The summed E-state index contributed by atoms with van der Waals surface area (Å²) >= 11 is 0. The van der Waals surface area contributed by atoms with Gasteiger partial charge in [-0.1, -0.05) is 12.8 Å². The summed E-state index contributed by atoms with van der Waals surface area (Å²) in [5, 5.41) is 2.74. The number of nitrogens with one attached hydrogen (secondary N) is 1. The Labute approximate surface area is 134 Å². The van der Waals surface area contributed by atoms with Crippen LogP contribution in [0.3, 0.4) is 0 Å². The molecule has 0 aromatic heterocycles. The number of carbonyl (C=O) groups is 2. The van der Waals surface area contributed by atoms with Crippen molar-refractivity contribution < 1.29 is 22.8 Å². The van der Waals surface area contributed by atoms with Gasteiger partial charge in [0.2, 0.25) is 11.8 Å². The number of nitrogens with zero attached hydrogens (tertiary/aromatic N) is 2. The van der Waals surface area contributed by atoms with Crippen LogP contribution in [0.4, 0.5) is 13.2 Å². The molecule has 2 rings (SSSR count). The predicted octanol–water partition coefficient (Wildman–Crippen LogP) is 1.39. The lowest BCUT2D eigenvalue weighted by molar-refractivity contribution is -0.152. The highest BCUT2D eigenvalue weighted by molar-refractivity contribution is 5.88. The van der Waals surface area contributed by atoms with Gasteiger partial charge in [0.15, 0.2) is 0 Å². The van der Waals surface area contributed by atoms with Crippen molar-refractivity contribution in [3.63, 3.8) is 0 Å². The Morgan fingerprint density at radius 3 is 2.22 bits per heavy atom. The maximum Gasteiger partial charge on any atom is 0.401 e. The first-order valence-electron chi connectivity index (χ1n) is 8.14. The molecule has 1 N–H and O–H groups in total. The maximum absolute atomic E-state index is 12.3. The monoisotopic (exact) mass is 335 g/mol. The van der Waals surface area contributed by atoms with Crippen LogP contribution in [0.2, 0.25) is 0 Å². The normalized spacial score (nSPS) is 22.2. The lowest BCUT2D eigenvalue weighted by Gasteiger charge is -2.36. The lowest BCUT2D eigenvalue weighted by Crippen LogP contribution is -2.55. The smallest absolute Gasteiger partial charge is 0.344 e. The van der Waals surface area contributed by atoms with Crippen LogP contribution in [0.25, 0.3) is 0 Å². The molecule has 2 fully saturated rings. The number of carbonyl (C=O) groups excluding carboxylic acids is 2. The quantitative estimate of drug-likeness (QED) is 0.845. The molecule has 1 aliphatic carbocycles. The Morgan fingerprint density at radius 2 is 1.70 bits per heavy atom. The van der Waals surface area contributed by atoms with E-state index in [0.717, 1.165) is 25.7 Å². The molecule has 1 saturated carbocycles. The molecule has 1 atom stereocenters. The molecule has 1 saturated heterocycles. The van der Waals surface area contributed by atoms with Gasteiger partial charge in [-0.2, -0.15) is 13.2 Å². The fourth-order valence-corrected chi connectivity index (χ4v) is 3.23. The number of amides is 2. The maximum atomic E-state index is 12.3. The Bertz CT molecular complexity index is 428. The topological polar surface area (TPSA) is 52.7 Å². The van der Waals surface area contributed by atoms with Crippen LogP contribution in [0.1, 0.15) is 32.6 Å². The molecule has 0 aromatic rings. The summed E-state index contributed by atoms with van der Waals surface area (Å²) in [7, 11) is 0. The number of halogens is 3. The van der Waals surface area contributed by atoms with E-state index in [0.29, 0.717) is 0 Å². The van der Waals surface area contributed by atoms with E-state index >= 15 is 0 Å². The molecule has 0 aromatic carbocycles. The third kappa shape index (κ3) is 5.37. The molecular weight excluding hydrogens is 311 g/mol. The standard InChI is InChI=1S/C15H24F3N3O2/c1-11(19-13(22)12-4-2-3-5-12)14(23)21-8-6-20(7-9-21)10-15(16,17)18/h11-12H,2-10H2,1H3,(H,19,22). The minimum atomic E-state index is -4.21. The second-order valence-electron chi connectivity index (χ2n) is 6.43. The van der Waals surface area contributed by atoms with Gasteiger partial charge in [0.25, 0.3) is 0 Å². The van der Waals surface area contributed by atoms with Crippen LogP contribution in [-0.4, -0.2) is 66.6 Å². The van der Waals surface area contributed by atoms with Crippen molar-refractivity contribution in [3.8, 4) is 0 Å². The third-order valence-electron chi connectivity index (χ3n) is 4.54. The molecule has 0 bridgehead atoms. The Hall–Kier alpha value is -1.31. The summed E-state index contributed by atoms with van der Waals surface area (Å²) in [4.78, 5) is 27.2. The van der Waals surface area contributed by atoms with Crippen LogP contribution >= 0.6 is 0 Å². The van der Waals surface area contributed by atoms with Crippen molar-refractivity contribution in [2.75, 3.05) is 32.7 Å². The van der Waals surface area contributed by atoms with Crippen molar-refractivity contribution in [1.82, 2.24) is 15.1 Å². The van der Waals surface area contributed by atoms with E-state index in [4.69, 9.17) is 0 Å². The van der Waals surface area contributed by atoms with Gasteiger partial charge in [0.1, 0.15) is 6.04 Å². The Balaban J connectivity index is 1.76. The van der Waals surface area contributed by atoms with Crippen LogP contribution in [0, 0.1) is 5.92 Å². The average Bonchev–Trinajstić information content (AvgIpc) is 3.00. The molecule has 5 nitrogen and oxygen atoms in total. The van der Waals surface area contributed by atoms with E-state index in [1.165, 1.54) is 9.80 Å². The molecular formula is C15H24F3N3O2. The zero-order chi connectivity index (χ0) is 17.0. The van der Waals surface area contributed by atoms with E-state index in [1.54, 1.807) is 6.92 Å². The van der Waals surface area contributed by atoms with Gasteiger partial charge in [-0.3, -0.25) is 14.5 Å². The average molecular weight is 335 g/mol. The largest absolute Gasteiger partial charge is 0.401 e. The molecule has 132 valence electrons. The summed E-state index contributed by atoms with van der Waals surface area (Å²) in [5.41, 5.74) is 0. The van der Waals surface area contributed by atoms with Crippen LogP contribution in [-0.2, 0) is 9.59 Å². The van der Waals surface area contributed by atoms with Crippen molar-refractivity contribution >= 4 is 11.8 Å². The van der Waals surface area contributed by atoms with Crippen LogP contribution in [0.15, 0.2) is 0 Å². The van der Waals surface area contributed by atoms with Gasteiger partial charge >= 0.3 is 6.18 Å². The highest BCUT2D eigenvalue weighted by Gasteiger charge is 2.34. The lowest BCUT2D eigenvalue weighted by atomic mass is 10.1. The minimum Gasteiger partial charge on any atom is -0.344 e. The number of piperazine rings is 1. The Kier molecular flexibility index (Phi) is 5.89. The van der Waals surface area contributed by atoms with Gasteiger partial charge in [-0.25, -0.2) is 0 Å². The van der Waals surface area contributed by atoms with Crippen LogP contribution < -0.4 is 5.32 Å². The minimum absolute atomic E-state index is 0.00566. The molecule has 8 heteroatoms. The fourth-order valence-electron chi connectivity index (χ4n) is 3.23. The second-order valence-corrected chi connectivity index (χ2v) is 6.43. The predicted molar refractivity (Wildman–Crippen MR) is 78.6 cm³/mol. The molecule has 0 radical (unpaired) electrons. The number of alkyl halides is 3. The molecule has 0 spiro atoms. The van der Waals surface area contributed by atoms with E-state index in [2.05, 4.69) is 5.32 Å². The zero-order valence-corrected chi connectivity index (χ0v) is 13.4. The summed E-state index contributed by atoms with van der Waals surface area (Å²) in [6.45, 7) is 1.63. The molecule has 1 heterocycles. The second kappa shape index (κ2) is 7.51. The van der Waals surface area contributed by atoms with Crippen molar-refractivity contribution in [2.45, 2.75) is 44.8 Å². The highest BCUT2D eigenvalue weighted by Crippen LogP contribution is 2.24. The summed E-state index contributed by atoms with van der Waals surface area (Å²) in [5.74, 6) is -0.309. The van der Waals surface area contributed by atoms with E-state index in [-0.39, 0.29) is 43.9 Å². The summed E-state index contributed by atoms with van der Waals surface area (Å²) < 4.78 is 37.0. The zero-order valence-electron chi connectivity index (χ0n) is 13.4. The van der Waals surface area contributed by atoms with Crippen molar-refractivity contribution in [1.29, 1.82) is 0 Å². The number of rotatable bonds is 4. The first kappa shape index (κ1) is 18.0. The number of hydrogen-bond donors (Lipinski definition) is 1. The molecule has 1 unspecified atom stereocenters. The Morgan fingerprint density at radius 1 is 1.13 bits per heavy atom. The van der Waals surface area contributed by atoms with Gasteiger partial charge in [-0.05, 0) is 19.8 Å². The fraction of sp³-hybridized carbons (Fsp3) is 0.867. The molecule has 23 heavy (non-hydrogen) atoms. The molecule has 2 amide bonds. The SMILES string of the molecule is CC(NC(=O)C1CCCC1)C(=O)N1CCN(CC(F)(F)F)CC1. The third-order valence-corrected chi connectivity index (χ3v) is 4.54. The van der Waals surface area contributed by atoms with Gasteiger partial charge in [-0.15, -0.1) is 0 Å². The van der Waals surface area contributed by atoms with Crippen LogP contribution in [0.5, 0.6) is 0 Å². The highest BCUT2D eigenvalue weighted by atomic mass is 19.4. The summed E-state index contributed by atoms with van der Waals surface area (Å²) in [6, 6.07) is -0.628. The number of hydrogen-bond acceptors (Lipinski definition) is 3.